The van der Waals surface area contributed by atoms with Crippen molar-refractivity contribution in [3.8, 4) is 0 Å². The highest BCUT2D eigenvalue weighted by Gasteiger charge is 2.29. The second-order valence-electron chi connectivity index (χ2n) is 2.14. The Balaban J connectivity index is 2.44. The highest BCUT2D eigenvalue weighted by molar-refractivity contribution is 5.77. The van der Waals surface area contributed by atoms with Crippen molar-refractivity contribution in [3.63, 3.8) is 0 Å². The lowest BCUT2D eigenvalue weighted by atomic mass is 10.2. The zero-order chi connectivity index (χ0) is 6.85. The van der Waals surface area contributed by atoms with Gasteiger partial charge in [0.15, 0.2) is 0 Å². The summed E-state index contributed by atoms with van der Waals surface area (Å²) in [5.41, 5.74) is 10.5. The number of ether oxygens (including phenoxy) is 1. The molecule has 9 heavy (non-hydrogen) atoms. The third kappa shape index (κ3) is 1.20. The Labute approximate surface area is 53.1 Å². The van der Waals surface area contributed by atoms with E-state index in [1.54, 1.807) is 0 Å². The first-order valence-electron chi connectivity index (χ1n) is 2.90. The molecule has 1 saturated heterocycles. The van der Waals surface area contributed by atoms with E-state index in [2.05, 4.69) is 0 Å². The highest BCUT2D eigenvalue weighted by atomic mass is 16.6. The quantitative estimate of drug-likeness (QED) is 0.427. The summed E-state index contributed by atoms with van der Waals surface area (Å²) < 4.78 is 4.73. The fourth-order valence-corrected chi connectivity index (χ4v) is 0.824. The molecule has 0 bridgehead atoms. The van der Waals surface area contributed by atoms with Gasteiger partial charge in [0.05, 0.1) is 0 Å². The molecule has 1 rings (SSSR count). The van der Waals surface area contributed by atoms with Gasteiger partial charge in [-0.3, -0.25) is 4.79 Å². The lowest BCUT2D eigenvalue weighted by molar-refractivity contribution is -0.142. The van der Waals surface area contributed by atoms with Gasteiger partial charge in [0.25, 0.3) is 0 Å². The van der Waals surface area contributed by atoms with Gasteiger partial charge >= 0.3 is 5.97 Å². The fourth-order valence-electron chi connectivity index (χ4n) is 0.824. The van der Waals surface area contributed by atoms with Crippen LogP contribution in [-0.4, -0.2) is 24.7 Å². The monoisotopic (exact) mass is 130 g/mol. The summed E-state index contributed by atoms with van der Waals surface area (Å²) >= 11 is 0. The summed E-state index contributed by atoms with van der Waals surface area (Å²) in [6.45, 7) is 0.374. The van der Waals surface area contributed by atoms with Gasteiger partial charge in [-0.15, -0.1) is 0 Å². The van der Waals surface area contributed by atoms with E-state index in [9.17, 15) is 4.79 Å². The molecule has 0 saturated carbocycles. The molecule has 0 amide bonds. The number of esters is 1. The molecule has 1 fully saturated rings. The number of nitrogens with two attached hydrogens (primary N) is 2. The van der Waals surface area contributed by atoms with Crippen LogP contribution in [0.25, 0.3) is 0 Å². The van der Waals surface area contributed by atoms with Gasteiger partial charge in [-0.25, -0.2) is 0 Å². The van der Waals surface area contributed by atoms with Crippen LogP contribution in [0.5, 0.6) is 0 Å². The predicted molar refractivity (Wildman–Crippen MR) is 31.5 cm³/mol. The van der Waals surface area contributed by atoms with E-state index < -0.39 is 6.04 Å². The molecule has 0 aromatic rings. The van der Waals surface area contributed by atoms with Crippen LogP contribution >= 0.6 is 0 Å². The largest absolute Gasteiger partial charge is 0.460 e. The molecule has 1 aliphatic heterocycles. The van der Waals surface area contributed by atoms with Crippen LogP contribution in [-0.2, 0) is 9.53 Å². The topological polar surface area (TPSA) is 78.3 Å². The first kappa shape index (κ1) is 6.51. The number of hydrogen-bond donors (Lipinski definition) is 2. The van der Waals surface area contributed by atoms with E-state index in [0.29, 0.717) is 13.0 Å². The molecule has 1 aliphatic rings. The molecule has 0 aliphatic carbocycles. The van der Waals surface area contributed by atoms with E-state index in [-0.39, 0.29) is 12.1 Å². The van der Waals surface area contributed by atoms with Gasteiger partial charge in [-0.2, -0.15) is 0 Å². The second-order valence-corrected chi connectivity index (χ2v) is 2.14. The van der Waals surface area contributed by atoms with Crippen molar-refractivity contribution in [2.45, 2.75) is 18.6 Å². The number of rotatable bonds is 1. The Hall–Kier alpha value is -0.610. The van der Waals surface area contributed by atoms with E-state index >= 15 is 0 Å². The second kappa shape index (κ2) is 2.33. The fraction of sp³-hybridized carbons (Fsp3) is 0.800. The summed E-state index contributed by atoms with van der Waals surface area (Å²) in [7, 11) is 0. The third-order valence-electron chi connectivity index (χ3n) is 1.37. The smallest absolute Gasteiger partial charge is 0.323 e. The average molecular weight is 130 g/mol. The summed E-state index contributed by atoms with van der Waals surface area (Å²) in [5.74, 6) is -0.328. The van der Waals surface area contributed by atoms with Crippen LogP contribution in [0.3, 0.4) is 0 Å². The van der Waals surface area contributed by atoms with Crippen molar-refractivity contribution in [3.05, 3.63) is 0 Å². The minimum absolute atomic E-state index is 0.146. The van der Waals surface area contributed by atoms with E-state index in [0.717, 1.165) is 0 Å². The molecule has 0 aromatic carbocycles. The van der Waals surface area contributed by atoms with Crippen molar-refractivity contribution in [2.75, 3.05) is 6.54 Å². The molecular weight excluding hydrogens is 120 g/mol. The molecule has 52 valence electrons. The molecule has 0 unspecified atom stereocenters. The SMILES string of the molecule is NC[C@@H]1C[C@H](N)C(=O)O1. The summed E-state index contributed by atoms with van der Waals surface area (Å²) in [6, 6.07) is -0.446. The first-order chi connectivity index (χ1) is 4.24. The normalized spacial score (nSPS) is 34.7. The van der Waals surface area contributed by atoms with Gasteiger partial charge in [0, 0.05) is 13.0 Å². The molecule has 0 radical (unpaired) electrons. The Morgan fingerprint density at radius 2 is 2.44 bits per heavy atom. The van der Waals surface area contributed by atoms with Crippen LogP contribution in [0, 0.1) is 0 Å². The van der Waals surface area contributed by atoms with Crippen LogP contribution in [0.2, 0.25) is 0 Å². The Morgan fingerprint density at radius 1 is 1.78 bits per heavy atom. The lowest BCUT2D eigenvalue weighted by Gasteiger charge is -2.01. The van der Waals surface area contributed by atoms with Crippen LogP contribution in [0.15, 0.2) is 0 Å². The average Bonchev–Trinajstić information content (AvgIpc) is 2.13. The molecule has 4 nitrogen and oxygen atoms in total. The van der Waals surface area contributed by atoms with Crippen LogP contribution in [0.4, 0.5) is 0 Å². The molecule has 4 N–H and O–H groups in total. The van der Waals surface area contributed by atoms with Crippen molar-refractivity contribution >= 4 is 5.97 Å². The third-order valence-corrected chi connectivity index (χ3v) is 1.37. The van der Waals surface area contributed by atoms with Gasteiger partial charge in [-0.05, 0) is 0 Å². The zero-order valence-electron chi connectivity index (χ0n) is 5.04. The molecule has 4 heteroatoms. The molecule has 2 atom stereocenters. The van der Waals surface area contributed by atoms with Crippen molar-refractivity contribution in [1.82, 2.24) is 0 Å². The molecular formula is C5H10N2O2. The maximum Gasteiger partial charge on any atom is 0.323 e. The number of hydrogen-bond acceptors (Lipinski definition) is 4. The van der Waals surface area contributed by atoms with Gasteiger partial charge in [-0.1, -0.05) is 0 Å². The molecule has 0 spiro atoms. The van der Waals surface area contributed by atoms with Gasteiger partial charge < -0.3 is 16.2 Å². The Morgan fingerprint density at radius 3 is 2.67 bits per heavy atom. The molecule has 0 aromatic heterocycles. The van der Waals surface area contributed by atoms with Crippen molar-refractivity contribution in [2.24, 2.45) is 11.5 Å². The lowest BCUT2D eigenvalue weighted by Crippen LogP contribution is -2.24. The zero-order valence-corrected chi connectivity index (χ0v) is 5.04. The van der Waals surface area contributed by atoms with Crippen LogP contribution < -0.4 is 11.5 Å². The summed E-state index contributed by atoms with van der Waals surface area (Å²) in [6.07, 6.45) is 0.419. The number of cyclic esters (lactones) is 1. The predicted octanol–water partition coefficient (Wildman–Crippen LogP) is -1.41. The van der Waals surface area contributed by atoms with E-state index in [1.165, 1.54) is 0 Å². The van der Waals surface area contributed by atoms with Crippen LogP contribution in [0.1, 0.15) is 6.42 Å². The summed E-state index contributed by atoms with van der Waals surface area (Å²) in [4.78, 5) is 10.5. The van der Waals surface area contributed by atoms with Gasteiger partial charge in [0.1, 0.15) is 12.1 Å². The molecule has 1 heterocycles. The Kier molecular flexibility index (Phi) is 1.68. The maximum atomic E-state index is 10.5. The van der Waals surface area contributed by atoms with Crippen molar-refractivity contribution < 1.29 is 9.53 Å². The van der Waals surface area contributed by atoms with Crippen molar-refractivity contribution in [1.29, 1.82) is 0 Å². The summed E-state index contributed by atoms with van der Waals surface area (Å²) in [5, 5.41) is 0. The standard InChI is InChI=1S/C5H10N2O2/c6-2-3-1-4(7)5(8)9-3/h3-4H,1-2,6-7H2/t3-,4-/m0/s1. The highest BCUT2D eigenvalue weighted by Crippen LogP contribution is 2.10. The Bertz CT molecular complexity index is 126. The van der Waals surface area contributed by atoms with E-state index in [1.807, 2.05) is 0 Å². The minimum atomic E-state index is -0.446. The minimum Gasteiger partial charge on any atom is -0.460 e. The number of carbonyl (C=O) groups is 1. The van der Waals surface area contributed by atoms with Gasteiger partial charge in [0.2, 0.25) is 0 Å². The van der Waals surface area contributed by atoms with E-state index in [4.69, 9.17) is 16.2 Å². The maximum absolute atomic E-state index is 10.5. The number of carbonyl (C=O) groups excluding carboxylic acids is 1. The first-order valence-corrected chi connectivity index (χ1v) is 2.90.